The number of thioether (sulfide) groups is 1. The number of carbonyl (C=O) groups is 1. The van der Waals surface area contributed by atoms with Gasteiger partial charge in [-0.05, 0) is 44.2 Å². The number of nitrogens with one attached hydrogen (secondary N) is 2. The Morgan fingerprint density at radius 2 is 2.08 bits per heavy atom. The number of carbonyl (C=O) groups excluding carboxylic acids is 1. The van der Waals surface area contributed by atoms with Crippen molar-refractivity contribution in [2.75, 3.05) is 17.7 Å². The van der Waals surface area contributed by atoms with Gasteiger partial charge in [0.1, 0.15) is 11.3 Å². The molecule has 0 saturated heterocycles. The average molecular weight is 372 g/mol. The number of benzene rings is 1. The topological polar surface area (TPSA) is 89.0 Å². The summed E-state index contributed by atoms with van der Waals surface area (Å²) < 4.78 is 6.82. The third kappa shape index (κ3) is 3.91. The number of H-pyrrole nitrogens is 1. The van der Waals surface area contributed by atoms with Gasteiger partial charge in [-0.3, -0.25) is 14.2 Å². The van der Waals surface area contributed by atoms with Gasteiger partial charge in [0, 0.05) is 18.4 Å². The number of aryl methyl sites for hydroxylation is 1. The van der Waals surface area contributed by atoms with E-state index in [0.717, 1.165) is 11.4 Å². The summed E-state index contributed by atoms with van der Waals surface area (Å²) in [5.74, 6) is 0.746. The molecule has 2 N–H and O–H groups in total. The van der Waals surface area contributed by atoms with Crippen LogP contribution < -0.4 is 15.6 Å². The molecule has 3 aromatic rings. The second-order valence-corrected chi connectivity index (χ2v) is 6.71. The third-order valence-corrected chi connectivity index (χ3v) is 4.76. The van der Waals surface area contributed by atoms with Gasteiger partial charge in [0.25, 0.3) is 5.56 Å². The van der Waals surface area contributed by atoms with Crippen molar-refractivity contribution in [3.05, 3.63) is 46.4 Å². The molecule has 26 heavy (non-hydrogen) atoms. The summed E-state index contributed by atoms with van der Waals surface area (Å²) in [6, 6.07) is 9.01. The highest BCUT2D eigenvalue weighted by Gasteiger charge is 2.12. The van der Waals surface area contributed by atoms with Crippen LogP contribution in [0.2, 0.25) is 0 Å². The van der Waals surface area contributed by atoms with Crippen LogP contribution in [0.25, 0.3) is 11.0 Å². The van der Waals surface area contributed by atoms with Crippen LogP contribution in [-0.4, -0.2) is 32.8 Å². The molecule has 0 atom stereocenters. The molecule has 0 bridgehead atoms. The molecule has 2 heterocycles. The lowest BCUT2D eigenvalue weighted by Crippen LogP contribution is -2.21. The molecule has 7 nitrogen and oxygen atoms in total. The normalized spacial score (nSPS) is 10.9. The summed E-state index contributed by atoms with van der Waals surface area (Å²) in [5, 5.41) is 3.32. The Balaban J connectivity index is 1.66. The first-order valence-corrected chi connectivity index (χ1v) is 9.18. The van der Waals surface area contributed by atoms with Gasteiger partial charge in [-0.2, -0.15) is 0 Å². The first-order valence-electron chi connectivity index (χ1n) is 8.19. The highest BCUT2D eigenvalue weighted by molar-refractivity contribution is 7.99. The van der Waals surface area contributed by atoms with Gasteiger partial charge in [-0.15, -0.1) is 0 Å². The number of fused-ring (bicyclic) bond motifs is 1. The molecule has 0 radical (unpaired) electrons. The molecule has 1 aromatic carbocycles. The Morgan fingerprint density at radius 1 is 1.35 bits per heavy atom. The van der Waals surface area contributed by atoms with Crippen molar-refractivity contribution < 1.29 is 9.53 Å². The lowest BCUT2D eigenvalue weighted by molar-refractivity contribution is -0.113. The van der Waals surface area contributed by atoms with Crippen molar-refractivity contribution in [3.63, 3.8) is 0 Å². The molecule has 3 rings (SSSR count). The second-order valence-electron chi connectivity index (χ2n) is 5.77. The van der Waals surface area contributed by atoms with E-state index < -0.39 is 0 Å². The van der Waals surface area contributed by atoms with Crippen LogP contribution in [0.15, 0.2) is 40.3 Å². The summed E-state index contributed by atoms with van der Waals surface area (Å²) >= 11 is 1.23. The zero-order valence-corrected chi connectivity index (χ0v) is 15.6. The van der Waals surface area contributed by atoms with Crippen molar-refractivity contribution in [2.24, 2.45) is 7.05 Å². The molecule has 8 heteroatoms. The molecule has 0 aliphatic heterocycles. The second kappa shape index (κ2) is 7.65. The van der Waals surface area contributed by atoms with E-state index in [4.69, 9.17) is 4.74 Å². The van der Waals surface area contributed by atoms with Crippen molar-refractivity contribution in [1.29, 1.82) is 0 Å². The minimum Gasteiger partial charge on any atom is -0.494 e. The van der Waals surface area contributed by atoms with Gasteiger partial charge in [0.2, 0.25) is 5.91 Å². The SMILES string of the molecule is CCOc1ccc(NC(=O)CSc2nc3cc(C)[nH]c3c(=O)n2C)cc1. The number of rotatable bonds is 6. The molecular weight excluding hydrogens is 352 g/mol. The number of ether oxygens (including phenoxy) is 1. The highest BCUT2D eigenvalue weighted by Crippen LogP contribution is 2.19. The van der Waals surface area contributed by atoms with E-state index in [0.29, 0.717) is 28.5 Å². The Bertz CT molecular complexity index is 992. The van der Waals surface area contributed by atoms with Gasteiger partial charge in [0.15, 0.2) is 5.16 Å². The molecular formula is C18H20N4O3S. The number of hydrogen-bond donors (Lipinski definition) is 2. The predicted molar refractivity (Wildman–Crippen MR) is 103 cm³/mol. The zero-order valence-electron chi connectivity index (χ0n) is 14.8. The molecule has 0 aliphatic rings. The number of nitrogens with zero attached hydrogens (tertiary/aromatic N) is 2. The monoisotopic (exact) mass is 372 g/mol. The Morgan fingerprint density at radius 3 is 2.77 bits per heavy atom. The van der Waals surface area contributed by atoms with Crippen LogP contribution in [0.3, 0.4) is 0 Å². The Labute approximate surface area is 154 Å². The molecule has 0 spiro atoms. The van der Waals surface area contributed by atoms with E-state index >= 15 is 0 Å². The Kier molecular flexibility index (Phi) is 5.32. The van der Waals surface area contributed by atoms with Crippen molar-refractivity contribution in [3.8, 4) is 5.75 Å². The fourth-order valence-electron chi connectivity index (χ4n) is 2.52. The number of amides is 1. The maximum Gasteiger partial charge on any atom is 0.278 e. The lowest BCUT2D eigenvalue weighted by atomic mass is 10.3. The van der Waals surface area contributed by atoms with Gasteiger partial charge in [0.05, 0.1) is 17.9 Å². The standard InChI is InChI=1S/C18H20N4O3S/c1-4-25-13-7-5-12(6-8-13)20-15(23)10-26-18-21-14-9-11(2)19-16(14)17(24)22(18)3/h5-9,19H,4,10H2,1-3H3,(H,20,23). The van der Waals surface area contributed by atoms with E-state index in [-0.39, 0.29) is 17.2 Å². The zero-order chi connectivity index (χ0) is 18.7. The summed E-state index contributed by atoms with van der Waals surface area (Å²) in [7, 11) is 1.65. The number of anilines is 1. The summed E-state index contributed by atoms with van der Waals surface area (Å²) in [6.07, 6.45) is 0. The minimum atomic E-state index is -0.168. The maximum atomic E-state index is 12.3. The van der Waals surface area contributed by atoms with Crippen LogP contribution >= 0.6 is 11.8 Å². The van der Waals surface area contributed by atoms with Crippen molar-refractivity contribution >= 4 is 34.4 Å². The van der Waals surface area contributed by atoms with Gasteiger partial charge in [-0.1, -0.05) is 11.8 Å². The van der Waals surface area contributed by atoms with Crippen LogP contribution in [0, 0.1) is 6.92 Å². The van der Waals surface area contributed by atoms with E-state index in [2.05, 4.69) is 15.3 Å². The first kappa shape index (κ1) is 18.1. The van der Waals surface area contributed by atoms with Crippen molar-refractivity contribution in [1.82, 2.24) is 14.5 Å². The molecule has 136 valence electrons. The van der Waals surface area contributed by atoms with Crippen LogP contribution in [0.1, 0.15) is 12.6 Å². The Hall–Kier alpha value is -2.74. The van der Waals surface area contributed by atoms with Gasteiger partial charge in [-0.25, -0.2) is 4.98 Å². The van der Waals surface area contributed by atoms with E-state index in [1.54, 1.807) is 31.3 Å². The average Bonchev–Trinajstić information content (AvgIpc) is 2.99. The fraction of sp³-hybridized carbons (Fsp3) is 0.278. The maximum absolute atomic E-state index is 12.3. The van der Waals surface area contributed by atoms with Gasteiger partial charge < -0.3 is 15.0 Å². The first-order chi connectivity index (χ1) is 12.5. The summed E-state index contributed by atoms with van der Waals surface area (Å²) in [6.45, 7) is 4.39. The van der Waals surface area contributed by atoms with Crippen LogP contribution in [-0.2, 0) is 11.8 Å². The fourth-order valence-corrected chi connectivity index (χ4v) is 3.29. The number of aromatic nitrogens is 3. The van der Waals surface area contributed by atoms with E-state index in [1.807, 2.05) is 19.9 Å². The molecule has 0 saturated carbocycles. The van der Waals surface area contributed by atoms with E-state index in [9.17, 15) is 9.59 Å². The predicted octanol–water partition coefficient (Wildman–Crippen LogP) is 2.70. The van der Waals surface area contributed by atoms with Gasteiger partial charge >= 0.3 is 0 Å². The third-order valence-electron chi connectivity index (χ3n) is 3.73. The lowest BCUT2D eigenvalue weighted by Gasteiger charge is -2.08. The molecule has 1 amide bonds. The minimum absolute atomic E-state index is 0.155. The quantitative estimate of drug-likeness (QED) is 0.513. The number of aromatic amines is 1. The number of hydrogen-bond acceptors (Lipinski definition) is 5. The van der Waals surface area contributed by atoms with Crippen LogP contribution in [0.5, 0.6) is 5.75 Å². The van der Waals surface area contributed by atoms with Crippen molar-refractivity contribution in [2.45, 2.75) is 19.0 Å². The smallest absolute Gasteiger partial charge is 0.278 e. The largest absolute Gasteiger partial charge is 0.494 e. The van der Waals surface area contributed by atoms with E-state index in [1.165, 1.54) is 16.3 Å². The molecule has 0 aliphatic carbocycles. The molecule has 0 fully saturated rings. The summed E-state index contributed by atoms with van der Waals surface area (Å²) in [5.41, 5.74) is 2.50. The summed E-state index contributed by atoms with van der Waals surface area (Å²) in [4.78, 5) is 32.0. The van der Waals surface area contributed by atoms with Crippen LogP contribution in [0.4, 0.5) is 5.69 Å². The molecule has 2 aromatic heterocycles. The highest BCUT2D eigenvalue weighted by atomic mass is 32.2. The molecule has 0 unspecified atom stereocenters.